The molecule has 1 aromatic rings. The predicted octanol–water partition coefficient (Wildman–Crippen LogP) is 1.62. The SMILES string of the molecule is CC1CN(S(=O)(=O)c2cccc(Cl)c2C#N)CCN1.Cl. The van der Waals surface area contributed by atoms with Crippen molar-refractivity contribution in [1.29, 1.82) is 5.26 Å². The third-order valence-corrected chi connectivity index (χ3v) is 5.26. The normalized spacial score (nSPS) is 19.9. The van der Waals surface area contributed by atoms with E-state index >= 15 is 0 Å². The van der Waals surface area contributed by atoms with Gasteiger partial charge in [-0.05, 0) is 19.1 Å². The van der Waals surface area contributed by atoms with Crippen LogP contribution in [-0.4, -0.2) is 38.4 Å². The van der Waals surface area contributed by atoms with Gasteiger partial charge in [0, 0.05) is 25.7 Å². The van der Waals surface area contributed by atoms with Crippen LogP contribution in [0, 0.1) is 11.3 Å². The van der Waals surface area contributed by atoms with Gasteiger partial charge in [-0.15, -0.1) is 12.4 Å². The molecule has 0 radical (unpaired) electrons. The number of halogens is 2. The lowest BCUT2D eigenvalue weighted by molar-refractivity contribution is 0.310. The molecule has 5 nitrogen and oxygen atoms in total. The number of nitrogens with one attached hydrogen (secondary N) is 1. The molecule has 1 saturated heterocycles. The summed E-state index contributed by atoms with van der Waals surface area (Å²) in [6, 6.07) is 6.44. The van der Waals surface area contributed by atoms with Crippen LogP contribution in [0.25, 0.3) is 0 Å². The highest BCUT2D eigenvalue weighted by Gasteiger charge is 2.30. The Hall–Kier alpha value is -0.840. The number of piperazine rings is 1. The number of hydrogen-bond donors (Lipinski definition) is 1. The zero-order chi connectivity index (χ0) is 14.0. The first kappa shape index (κ1) is 17.2. The van der Waals surface area contributed by atoms with Gasteiger partial charge < -0.3 is 5.32 Å². The highest BCUT2D eigenvalue weighted by atomic mass is 35.5. The van der Waals surface area contributed by atoms with Crippen molar-refractivity contribution in [1.82, 2.24) is 9.62 Å². The molecule has 1 aliphatic rings. The summed E-state index contributed by atoms with van der Waals surface area (Å²) in [7, 11) is -3.67. The molecule has 0 bridgehead atoms. The van der Waals surface area contributed by atoms with E-state index in [0.717, 1.165) is 0 Å². The molecule has 2 rings (SSSR count). The number of rotatable bonds is 2. The molecule has 110 valence electrons. The lowest BCUT2D eigenvalue weighted by Crippen LogP contribution is -2.51. The van der Waals surface area contributed by atoms with Crippen molar-refractivity contribution in [2.75, 3.05) is 19.6 Å². The van der Waals surface area contributed by atoms with Crippen LogP contribution < -0.4 is 5.32 Å². The van der Waals surface area contributed by atoms with Crippen molar-refractivity contribution >= 4 is 34.0 Å². The first-order valence-corrected chi connectivity index (χ1v) is 7.70. The molecule has 1 aliphatic heterocycles. The molecule has 20 heavy (non-hydrogen) atoms. The number of sulfonamides is 1. The van der Waals surface area contributed by atoms with Gasteiger partial charge in [-0.1, -0.05) is 17.7 Å². The predicted molar refractivity (Wildman–Crippen MR) is 79.6 cm³/mol. The molecule has 0 aliphatic carbocycles. The van der Waals surface area contributed by atoms with Crippen LogP contribution in [0.4, 0.5) is 0 Å². The van der Waals surface area contributed by atoms with Crippen LogP contribution >= 0.6 is 24.0 Å². The molecule has 1 unspecified atom stereocenters. The van der Waals surface area contributed by atoms with E-state index in [9.17, 15) is 8.42 Å². The first-order valence-electron chi connectivity index (χ1n) is 5.89. The summed E-state index contributed by atoms with van der Waals surface area (Å²) in [4.78, 5) is -0.0170. The average Bonchev–Trinajstić information content (AvgIpc) is 2.38. The smallest absolute Gasteiger partial charge is 0.244 e. The van der Waals surface area contributed by atoms with Crippen LogP contribution in [-0.2, 0) is 10.0 Å². The minimum atomic E-state index is -3.67. The van der Waals surface area contributed by atoms with Crippen molar-refractivity contribution in [3.8, 4) is 6.07 Å². The van der Waals surface area contributed by atoms with E-state index in [1.165, 1.54) is 16.4 Å². The Balaban J connectivity index is 0.00000200. The maximum atomic E-state index is 12.6. The Labute approximate surface area is 130 Å². The maximum absolute atomic E-state index is 12.6. The fourth-order valence-corrected chi connectivity index (χ4v) is 4.05. The van der Waals surface area contributed by atoms with E-state index in [2.05, 4.69) is 5.32 Å². The minimum absolute atomic E-state index is 0. The van der Waals surface area contributed by atoms with E-state index in [4.69, 9.17) is 16.9 Å². The molecule has 1 N–H and O–H groups in total. The summed E-state index contributed by atoms with van der Waals surface area (Å²) in [5.74, 6) is 0. The molecular formula is C12H15Cl2N3O2S. The molecule has 1 aromatic carbocycles. The van der Waals surface area contributed by atoms with Crippen molar-refractivity contribution in [3.63, 3.8) is 0 Å². The van der Waals surface area contributed by atoms with Crippen LogP contribution in [0.15, 0.2) is 23.1 Å². The zero-order valence-corrected chi connectivity index (χ0v) is 13.2. The van der Waals surface area contributed by atoms with E-state index in [-0.39, 0.29) is 33.9 Å². The van der Waals surface area contributed by atoms with Crippen LogP contribution in [0.1, 0.15) is 12.5 Å². The third-order valence-electron chi connectivity index (χ3n) is 3.04. The summed E-state index contributed by atoms with van der Waals surface area (Å²) in [6.07, 6.45) is 0. The molecule has 1 fully saturated rings. The second-order valence-corrected chi connectivity index (χ2v) is 6.76. The Morgan fingerprint density at radius 3 is 2.80 bits per heavy atom. The Morgan fingerprint density at radius 1 is 1.50 bits per heavy atom. The molecule has 1 atom stereocenters. The molecule has 0 spiro atoms. The monoisotopic (exact) mass is 335 g/mol. The lowest BCUT2D eigenvalue weighted by Gasteiger charge is -2.31. The zero-order valence-electron chi connectivity index (χ0n) is 10.8. The Kier molecular flexibility index (Phi) is 5.80. The molecule has 0 amide bonds. The van der Waals surface area contributed by atoms with Gasteiger partial charge in [0.1, 0.15) is 11.0 Å². The Morgan fingerprint density at radius 2 is 2.20 bits per heavy atom. The van der Waals surface area contributed by atoms with Gasteiger partial charge in [-0.2, -0.15) is 9.57 Å². The van der Waals surface area contributed by atoms with Crippen molar-refractivity contribution in [2.45, 2.75) is 17.9 Å². The van der Waals surface area contributed by atoms with E-state index in [1.54, 1.807) is 6.07 Å². The summed E-state index contributed by atoms with van der Waals surface area (Å²) < 4.78 is 26.5. The van der Waals surface area contributed by atoms with Gasteiger partial charge in [0.2, 0.25) is 10.0 Å². The fraction of sp³-hybridized carbons (Fsp3) is 0.417. The quantitative estimate of drug-likeness (QED) is 0.891. The molecule has 1 heterocycles. The van der Waals surface area contributed by atoms with Gasteiger partial charge in [0.05, 0.1) is 10.6 Å². The van der Waals surface area contributed by atoms with Crippen LogP contribution in [0.3, 0.4) is 0 Å². The Bertz CT molecular complexity index is 628. The van der Waals surface area contributed by atoms with Crippen LogP contribution in [0.2, 0.25) is 5.02 Å². The van der Waals surface area contributed by atoms with Gasteiger partial charge in [-0.25, -0.2) is 8.42 Å². The molecule has 0 saturated carbocycles. The van der Waals surface area contributed by atoms with Gasteiger partial charge in [0.25, 0.3) is 0 Å². The first-order chi connectivity index (χ1) is 8.96. The second-order valence-electron chi connectivity index (χ2n) is 4.44. The number of benzene rings is 1. The van der Waals surface area contributed by atoms with E-state index < -0.39 is 10.0 Å². The number of nitrogens with zero attached hydrogens (tertiary/aromatic N) is 2. The molecular weight excluding hydrogens is 321 g/mol. The maximum Gasteiger partial charge on any atom is 0.244 e. The number of hydrogen-bond acceptors (Lipinski definition) is 4. The topological polar surface area (TPSA) is 73.2 Å². The number of nitriles is 1. The van der Waals surface area contributed by atoms with Gasteiger partial charge in [-0.3, -0.25) is 0 Å². The van der Waals surface area contributed by atoms with Gasteiger partial charge in [0.15, 0.2) is 0 Å². The minimum Gasteiger partial charge on any atom is -0.312 e. The summed E-state index contributed by atoms with van der Waals surface area (Å²) >= 11 is 5.89. The third kappa shape index (κ3) is 3.25. The van der Waals surface area contributed by atoms with E-state index in [0.29, 0.717) is 19.6 Å². The summed E-state index contributed by atoms with van der Waals surface area (Å²) in [5.41, 5.74) is 0.00959. The van der Waals surface area contributed by atoms with Crippen molar-refractivity contribution in [3.05, 3.63) is 28.8 Å². The average molecular weight is 336 g/mol. The van der Waals surface area contributed by atoms with Crippen molar-refractivity contribution < 1.29 is 8.42 Å². The van der Waals surface area contributed by atoms with Crippen molar-refractivity contribution in [2.24, 2.45) is 0 Å². The highest BCUT2D eigenvalue weighted by Crippen LogP contribution is 2.26. The lowest BCUT2D eigenvalue weighted by atomic mass is 10.2. The highest BCUT2D eigenvalue weighted by molar-refractivity contribution is 7.89. The second kappa shape index (κ2) is 6.74. The van der Waals surface area contributed by atoms with Gasteiger partial charge >= 0.3 is 0 Å². The molecule has 0 aromatic heterocycles. The summed E-state index contributed by atoms with van der Waals surface area (Å²) in [6.45, 7) is 3.30. The molecule has 8 heteroatoms. The van der Waals surface area contributed by atoms with E-state index in [1.807, 2.05) is 13.0 Å². The largest absolute Gasteiger partial charge is 0.312 e. The van der Waals surface area contributed by atoms with Crippen LogP contribution in [0.5, 0.6) is 0 Å². The summed E-state index contributed by atoms with van der Waals surface area (Å²) in [5, 5.41) is 12.4. The fourth-order valence-electron chi connectivity index (χ4n) is 2.08. The standard InChI is InChI=1S/C12H14ClN3O2S.ClH/c1-9-8-16(6-5-15-9)19(17,18)12-4-2-3-11(13)10(12)7-14;/h2-4,9,15H,5-6,8H2,1H3;1H.